The third-order valence-corrected chi connectivity index (χ3v) is 4.34. The van der Waals surface area contributed by atoms with Gasteiger partial charge in [0.15, 0.2) is 5.78 Å². The smallest absolute Gasteiger partial charge is 0.274 e. The Morgan fingerprint density at radius 1 is 0.828 bits per heavy atom. The Morgan fingerprint density at radius 2 is 1.45 bits per heavy atom. The van der Waals surface area contributed by atoms with Gasteiger partial charge in [-0.3, -0.25) is 14.4 Å². The molecule has 0 saturated carbocycles. The molecule has 6 heteroatoms. The van der Waals surface area contributed by atoms with Crippen LogP contribution in [0.3, 0.4) is 0 Å². The van der Waals surface area contributed by atoms with E-state index in [9.17, 15) is 14.4 Å². The summed E-state index contributed by atoms with van der Waals surface area (Å²) >= 11 is 0. The number of Topliss-reactive ketones (excluding diaryl/α,β-unsaturated/α-hetero) is 1. The van der Waals surface area contributed by atoms with E-state index in [1.165, 1.54) is 13.0 Å². The van der Waals surface area contributed by atoms with Gasteiger partial charge in [0, 0.05) is 17.8 Å². The molecule has 2 aromatic carbocycles. The molecule has 0 unspecified atom stereocenters. The molecule has 0 spiro atoms. The number of hydrogen-bond acceptors (Lipinski definition) is 4. The van der Waals surface area contributed by atoms with Gasteiger partial charge in [-0.05, 0) is 55.8 Å². The normalized spacial score (nSPS) is 10.3. The second-order valence-corrected chi connectivity index (χ2v) is 6.66. The quantitative estimate of drug-likeness (QED) is 0.630. The summed E-state index contributed by atoms with van der Waals surface area (Å²) in [5.74, 6) is -0.839. The first-order valence-corrected chi connectivity index (χ1v) is 9.15. The van der Waals surface area contributed by atoms with Crippen LogP contribution in [0.2, 0.25) is 0 Å². The van der Waals surface area contributed by atoms with Crippen molar-refractivity contribution in [2.75, 3.05) is 5.32 Å². The Kier molecular flexibility index (Phi) is 6.14. The molecule has 146 valence electrons. The third kappa shape index (κ3) is 5.35. The second-order valence-electron chi connectivity index (χ2n) is 6.66. The minimum Gasteiger partial charge on any atom is -0.347 e. The Hall–Kier alpha value is -3.80. The number of aryl methyl sites for hydroxylation is 1. The van der Waals surface area contributed by atoms with Crippen LogP contribution in [-0.2, 0) is 6.54 Å². The minimum atomic E-state index is -0.436. The van der Waals surface area contributed by atoms with Gasteiger partial charge < -0.3 is 10.6 Å². The molecule has 0 aliphatic heterocycles. The average molecular weight is 387 g/mol. The van der Waals surface area contributed by atoms with Crippen molar-refractivity contribution in [3.05, 3.63) is 94.8 Å². The number of anilines is 1. The number of rotatable bonds is 6. The molecule has 3 rings (SSSR count). The number of ketones is 1. The van der Waals surface area contributed by atoms with Gasteiger partial charge in [0.2, 0.25) is 0 Å². The molecule has 0 fully saturated rings. The average Bonchev–Trinajstić information content (AvgIpc) is 2.73. The summed E-state index contributed by atoms with van der Waals surface area (Å²) < 4.78 is 0. The lowest BCUT2D eigenvalue weighted by Crippen LogP contribution is -2.25. The Labute approximate surface area is 169 Å². The fourth-order valence-electron chi connectivity index (χ4n) is 2.65. The molecule has 0 atom stereocenters. The number of nitrogens with zero attached hydrogens (tertiary/aromatic N) is 1. The molecule has 0 bridgehead atoms. The number of aromatic nitrogens is 1. The summed E-state index contributed by atoms with van der Waals surface area (Å²) in [4.78, 5) is 40.3. The van der Waals surface area contributed by atoms with Crippen molar-refractivity contribution in [2.24, 2.45) is 0 Å². The van der Waals surface area contributed by atoms with Crippen LogP contribution in [0.4, 0.5) is 5.69 Å². The van der Waals surface area contributed by atoms with Crippen LogP contribution >= 0.6 is 0 Å². The second kappa shape index (κ2) is 8.93. The fourth-order valence-corrected chi connectivity index (χ4v) is 2.65. The summed E-state index contributed by atoms with van der Waals surface area (Å²) in [6.07, 6.45) is 0. The molecule has 0 radical (unpaired) electrons. The first-order valence-electron chi connectivity index (χ1n) is 9.15. The summed E-state index contributed by atoms with van der Waals surface area (Å²) in [5, 5.41) is 5.51. The maximum Gasteiger partial charge on any atom is 0.274 e. The van der Waals surface area contributed by atoms with Gasteiger partial charge in [0.1, 0.15) is 11.4 Å². The molecule has 1 aromatic heterocycles. The minimum absolute atomic E-state index is 0.0473. The number of nitrogens with one attached hydrogen (secondary N) is 2. The molecular weight excluding hydrogens is 366 g/mol. The van der Waals surface area contributed by atoms with Gasteiger partial charge in [-0.1, -0.05) is 35.9 Å². The molecule has 2 N–H and O–H groups in total. The summed E-state index contributed by atoms with van der Waals surface area (Å²) in [7, 11) is 0. The zero-order valence-electron chi connectivity index (χ0n) is 16.2. The summed E-state index contributed by atoms with van der Waals surface area (Å²) in [6, 6.07) is 19.1. The zero-order chi connectivity index (χ0) is 20.8. The van der Waals surface area contributed by atoms with E-state index in [0.717, 1.165) is 11.1 Å². The summed E-state index contributed by atoms with van der Waals surface area (Å²) in [5.41, 5.74) is 3.52. The first kappa shape index (κ1) is 19.9. The molecule has 1 heterocycles. The van der Waals surface area contributed by atoms with Crippen LogP contribution in [0.1, 0.15) is 49.4 Å². The summed E-state index contributed by atoms with van der Waals surface area (Å²) in [6.45, 7) is 3.85. The SMILES string of the molecule is CC(=O)c1ccc(NC(=O)c2cccc(C(=O)NCc3ccc(C)cc3)n2)cc1. The van der Waals surface area contributed by atoms with E-state index in [1.54, 1.807) is 36.4 Å². The van der Waals surface area contributed by atoms with E-state index in [1.807, 2.05) is 31.2 Å². The predicted octanol–water partition coefficient (Wildman–Crippen LogP) is 3.77. The highest BCUT2D eigenvalue weighted by molar-refractivity contribution is 6.04. The van der Waals surface area contributed by atoms with Gasteiger partial charge in [0.05, 0.1) is 0 Å². The largest absolute Gasteiger partial charge is 0.347 e. The van der Waals surface area contributed by atoms with E-state index in [0.29, 0.717) is 17.8 Å². The zero-order valence-corrected chi connectivity index (χ0v) is 16.2. The molecule has 29 heavy (non-hydrogen) atoms. The van der Waals surface area contributed by atoms with Crippen LogP contribution in [0.15, 0.2) is 66.7 Å². The molecule has 0 aliphatic rings. The molecule has 0 aliphatic carbocycles. The van der Waals surface area contributed by atoms with Gasteiger partial charge >= 0.3 is 0 Å². The Bertz CT molecular complexity index is 1040. The van der Waals surface area contributed by atoms with E-state index in [4.69, 9.17) is 0 Å². The predicted molar refractivity (Wildman–Crippen MR) is 111 cm³/mol. The number of benzene rings is 2. The van der Waals surface area contributed by atoms with Crippen LogP contribution in [0.5, 0.6) is 0 Å². The molecule has 2 amide bonds. The van der Waals surface area contributed by atoms with Crippen molar-refractivity contribution in [3.8, 4) is 0 Å². The molecule has 0 saturated heterocycles. The van der Waals surface area contributed by atoms with Gasteiger partial charge in [-0.25, -0.2) is 4.98 Å². The highest BCUT2D eigenvalue weighted by Gasteiger charge is 2.13. The lowest BCUT2D eigenvalue weighted by molar-refractivity contribution is 0.0944. The Balaban J connectivity index is 1.64. The third-order valence-electron chi connectivity index (χ3n) is 4.34. The van der Waals surface area contributed by atoms with Crippen molar-refractivity contribution in [1.82, 2.24) is 10.3 Å². The lowest BCUT2D eigenvalue weighted by atomic mass is 10.1. The van der Waals surface area contributed by atoms with Crippen LogP contribution in [0, 0.1) is 6.92 Å². The van der Waals surface area contributed by atoms with E-state index in [2.05, 4.69) is 15.6 Å². The van der Waals surface area contributed by atoms with Crippen molar-refractivity contribution in [2.45, 2.75) is 20.4 Å². The molecular formula is C23H21N3O3. The highest BCUT2D eigenvalue weighted by atomic mass is 16.2. The number of carbonyl (C=O) groups excluding carboxylic acids is 3. The maximum atomic E-state index is 12.4. The topological polar surface area (TPSA) is 88.2 Å². The highest BCUT2D eigenvalue weighted by Crippen LogP contribution is 2.12. The monoisotopic (exact) mass is 387 g/mol. The van der Waals surface area contributed by atoms with Crippen molar-refractivity contribution in [1.29, 1.82) is 0 Å². The maximum absolute atomic E-state index is 12.4. The number of hydrogen-bond donors (Lipinski definition) is 2. The van der Waals surface area contributed by atoms with Crippen molar-refractivity contribution in [3.63, 3.8) is 0 Å². The fraction of sp³-hybridized carbons (Fsp3) is 0.130. The van der Waals surface area contributed by atoms with Crippen LogP contribution < -0.4 is 10.6 Å². The van der Waals surface area contributed by atoms with Crippen molar-refractivity contribution >= 4 is 23.3 Å². The molecule has 3 aromatic rings. The van der Waals surface area contributed by atoms with E-state index < -0.39 is 5.91 Å². The lowest BCUT2D eigenvalue weighted by Gasteiger charge is -2.08. The first-order chi connectivity index (χ1) is 13.9. The number of amides is 2. The van der Waals surface area contributed by atoms with Gasteiger partial charge in [-0.15, -0.1) is 0 Å². The van der Waals surface area contributed by atoms with Gasteiger partial charge in [-0.2, -0.15) is 0 Å². The van der Waals surface area contributed by atoms with Crippen molar-refractivity contribution < 1.29 is 14.4 Å². The van der Waals surface area contributed by atoms with Gasteiger partial charge in [0.25, 0.3) is 11.8 Å². The molecule has 6 nitrogen and oxygen atoms in total. The van der Waals surface area contributed by atoms with Crippen LogP contribution in [-0.4, -0.2) is 22.6 Å². The van der Waals surface area contributed by atoms with Crippen LogP contribution in [0.25, 0.3) is 0 Å². The number of pyridine rings is 1. The Morgan fingerprint density at radius 3 is 2.07 bits per heavy atom. The van der Waals surface area contributed by atoms with E-state index in [-0.39, 0.29) is 23.1 Å². The standard InChI is InChI=1S/C23H21N3O3/c1-15-6-8-17(9-7-15)14-24-22(28)20-4-3-5-21(26-20)23(29)25-19-12-10-18(11-13-19)16(2)27/h3-13H,14H2,1-2H3,(H,24,28)(H,25,29). The number of carbonyl (C=O) groups is 3. The van der Waals surface area contributed by atoms with E-state index >= 15 is 0 Å².